The molecule has 2 rings (SSSR count). The number of nitro benzene ring substituents is 1. The van der Waals surface area contributed by atoms with Crippen molar-refractivity contribution in [3.05, 3.63) is 64.0 Å². The van der Waals surface area contributed by atoms with Gasteiger partial charge in [-0.05, 0) is 30.2 Å². The lowest BCUT2D eigenvalue weighted by molar-refractivity contribution is -0.384. The highest BCUT2D eigenvalue weighted by Crippen LogP contribution is 2.28. The number of rotatable bonds is 6. The number of nitro groups is 1. The summed E-state index contributed by atoms with van der Waals surface area (Å²) in [5.74, 6) is -1.32. The van der Waals surface area contributed by atoms with Crippen molar-refractivity contribution in [3.63, 3.8) is 0 Å². The minimum atomic E-state index is -1.32. The van der Waals surface area contributed by atoms with Crippen LogP contribution in [-0.2, 0) is 6.42 Å². The number of carbonyl (C=O) groups is 1. The van der Waals surface area contributed by atoms with Crippen LogP contribution in [-0.4, -0.2) is 27.5 Å². The minimum Gasteiger partial charge on any atom is -0.477 e. The first-order chi connectivity index (χ1) is 10.1. The lowest BCUT2D eigenvalue weighted by Gasteiger charge is -2.08. The van der Waals surface area contributed by atoms with Crippen molar-refractivity contribution in [1.82, 2.24) is 4.98 Å². The molecule has 7 nitrogen and oxygen atoms in total. The lowest BCUT2D eigenvalue weighted by atomic mass is 10.1. The highest BCUT2D eigenvalue weighted by atomic mass is 16.6. The molecule has 2 aromatic rings. The number of nitrogens with one attached hydrogen (secondary N) is 1. The van der Waals surface area contributed by atoms with E-state index in [0.29, 0.717) is 13.0 Å². The number of carboxylic acids is 1. The third-order valence-corrected chi connectivity index (χ3v) is 2.90. The number of para-hydroxylation sites is 1. The summed E-state index contributed by atoms with van der Waals surface area (Å²) in [7, 11) is 0. The van der Waals surface area contributed by atoms with Crippen molar-refractivity contribution >= 4 is 17.3 Å². The third kappa shape index (κ3) is 3.53. The summed E-state index contributed by atoms with van der Waals surface area (Å²) in [5, 5.41) is 23.0. The maximum absolute atomic E-state index is 11.1. The number of benzene rings is 1. The first-order valence-corrected chi connectivity index (χ1v) is 6.23. The van der Waals surface area contributed by atoms with Gasteiger partial charge in [-0.1, -0.05) is 12.1 Å². The molecule has 21 heavy (non-hydrogen) atoms. The molecule has 0 fully saturated rings. The number of anilines is 1. The van der Waals surface area contributed by atoms with Gasteiger partial charge in [0.2, 0.25) is 0 Å². The second kappa shape index (κ2) is 6.47. The summed E-state index contributed by atoms with van der Waals surface area (Å²) in [6.07, 6.45) is 4.00. The monoisotopic (exact) mass is 287 g/mol. The molecule has 0 spiro atoms. The molecule has 7 heteroatoms. The predicted molar refractivity (Wildman–Crippen MR) is 76.5 cm³/mol. The summed E-state index contributed by atoms with van der Waals surface area (Å²) in [6.45, 7) is 0.440. The van der Waals surface area contributed by atoms with Crippen molar-refractivity contribution in [1.29, 1.82) is 0 Å². The quantitative estimate of drug-likeness (QED) is 0.624. The normalized spacial score (nSPS) is 10.1. The molecule has 0 aliphatic rings. The van der Waals surface area contributed by atoms with Gasteiger partial charge in [0.25, 0.3) is 0 Å². The van der Waals surface area contributed by atoms with E-state index in [2.05, 4.69) is 10.3 Å². The number of pyridine rings is 1. The largest absolute Gasteiger partial charge is 0.477 e. The Labute approximate surface area is 120 Å². The lowest BCUT2D eigenvalue weighted by Crippen LogP contribution is -2.10. The molecule has 1 aromatic carbocycles. The zero-order valence-corrected chi connectivity index (χ0v) is 11.0. The molecule has 0 aliphatic heterocycles. The first-order valence-electron chi connectivity index (χ1n) is 6.23. The topological polar surface area (TPSA) is 105 Å². The van der Waals surface area contributed by atoms with Gasteiger partial charge in [-0.25, -0.2) is 4.79 Å². The Morgan fingerprint density at radius 3 is 2.76 bits per heavy atom. The van der Waals surface area contributed by atoms with Gasteiger partial charge in [-0.15, -0.1) is 0 Å². The van der Waals surface area contributed by atoms with E-state index >= 15 is 0 Å². The van der Waals surface area contributed by atoms with Crippen LogP contribution in [0.1, 0.15) is 15.9 Å². The highest BCUT2D eigenvalue weighted by molar-refractivity contribution is 5.95. The van der Waals surface area contributed by atoms with Gasteiger partial charge in [0.1, 0.15) is 11.3 Å². The summed E-state index contributed by atoms with van der Waals surface area (Å²) in [5.41, 5.74) is 0.438. The van der Waals surface area contributed by atoms with Gasteiger partial charge in [0.15, 0.2) is 0 Å². The second-order valence-electron chi connectivity index (χ2n) is 4.30. The van der Waals surface area contributed by atoms with Crippen LogP contribution in [0.3, 0.4) is 0 Å². The van der Waals surface area contributed by atoms with Crippen LogP contribution in [0.5, 0.6) is 0 Å². The van der Waals surface area contributed by atoms with E-state index in [9.17, 15) is 14.9 Å². The Balaban J connectivity index is 2.14. The Kier molecular flexibility index (Phi) is 4.45. The molecule has 0 aliphatic carbocycles. The van der Waals surface area contributed by atoms with E-state index in [0.717, 1.165) is 5.56 Å². The minimum absolute atomic E-state index is 0.198. The van der Waals surface area contributed by atoms with E-state index in [4.69, 9.17) is 5.11 Å². The number of carboxylic acid groups (broad SMARTS) is 1. The van der Waals surface area contributed by atoms with Crippen molar-refractivity contribution in [2.75, 3.05) is 11.9 Å². The smallest absolute Gasteiger partial charge is 0.342 e. The summed E-state index contributed by atoms with van der Waals surface area (Å²) < 4.78 is 0. The fourth-order valence-electron chi connectivity index (χ4n) is 1.94. The number of hydrogen-bond donors (Lipinski definition) is 2. The van der Waals surface area contributed by atoms with Gasteiger partial charge >= 0.3 is 11.7 Å². The van der Waals surface area contributed by atoms with Crippen LogP contribution in [0.25, 0.3) is 0 Å². The summed E-state index contributed by atoms with van der Waals surface area (Å²) >= 11 is 0. The van der Waals surface area contributed by atoms with E-state index in [1.165, 1.54) is 18.2 Å². The molecule has 108 valence electrons. The molecule has 0 radical (unpaired) electrons. The van der Waals surface area contributed by atoms with Crippen LogP contribution in [0.2, 0.25) is 0 Å². The fourth-order valence-corrected chi connectivity index (χ4v) is 1.94. The Morgan fingerprint density at radius 2 is 2.14 bits per heavy atom. The molecule has 0 saturated heterocycles. The molecule has 1 aromatic heterocycles. The van der Waals surface area contributed by atoms with Crippen molar-refractivity contribution < 1.29 is 14.8 Å². The van der Waals surface area contributed by atoms with Gasteiger partial charge in [-0.3, -0.25) is 15.1 Å². The van der Waals surface area contributed by atoms with E-state index in [1.807, 2.05) is 12.1 Å². The molecule has 2 N–H and O–H groups in total. The Bertz CT molecular complexity index is 659. The highest BCUT2D eigenvalue weighted by Gasteiger charge is 2.23. The van der Waals surface area contributed by atoms with Gasteiger partial charge in [0, 0.05) is 18.9 Å². The fraction of sp³-hybridized carbons (Fsp3) is 0.143. The van der Waals surface area contributed by atoms with E-state index < -0.39 is 16.6 Å². The molecule has 0 unspecified atom stereocenters. The van der Waals surface area contributed by atoms with Crippen molar-refractivity contribution in [2.24, 2.45) is 0 Å². The number of aromatic carboxylic acids is 1. The molecular weight excluding hydrogens is 274 g/mol. The van der Waals surface area contributed by atoms with Crippen molar-refractivity contribution in [3.8, 4) is 0 Å². The standard InChI is InChI=1S/C14H13N3O4/c18-14(19)11-4-1-5-12(13(11)17(20)21)16-8-6-10-3-2-7-15-9-10/h1-5,7,9,16H,6,8H2,(H,18,19). The average molecular weight is 287 g/mol. The van der Waals surface area contributed by atoms with Gasteiger partial charge in [0.05, 0.1) is 4.92 Å². The third-order valence-electron chi connectivity index (χ3n) is 2.90. The first kappa shape index (κ1) is 14.4. The molecule has 0 saturated carbocycles. The summed E-state index contributed by atoms with van der Waals surface area (Å²) in [6, 6.07) is 7.89. The Morgan fingerprint density at radius 1 is 1.33 bits per heavy atom. The second-order valence-corrected chi connectivity index (χ2v) is 4.30. The van der Waals surface area contributed by atoms with Crippen LogP contribution in [0.4, 0.5) is 11.4 Å². The average Bonchev–Trinajstić information content (AvgIpc) is 2.47. The number of aromatic nitrogens is 1. The van der Waals surface area contributed by atoms with E-state index in [1.54, 1.807) is 12.4 Å². The maximum Gasteiger partial charge on any atom is 0.342 e. The zero-order valence-electron chi connectivity index (χ0n) is 11.0. The number of hydrogen-bond acceptors (Lipinski definition) is 5. The van der Waals surface area contributed by atoms with Crippen LogP contribution in [0, 0.1) is 10.1 Å². The molecular formula is C14H13N3O4. The molecule has 0 amide bonds. The van der Waals surface area contributed by atoms with E-state index in [-0.39, 0.29) is 11.3 Å². The maximum atomic E-state index is 11.1. The molecule has 1 heterocycles. The zero-order chi connectivity index (χ0) is 15.2. The van der Waals surface area contributed by atoms with Crippen molar-refractivity contribution in [2.45, 2.75) is 6.42 Å². The molecule has 0 atom stereocenters. The SMILES string of the molecule is O=C(O)c1cccc(NCCc2cccnc2)c1[N+](=O)[O-]. The Hall–Kier alpha value is -2.96. The van der Waals surface area contributed by atoms with Gasteiger partial charge in [-0.2, -0.15) is 0 Å². The van der Waals surface area contributed by atoms with Crippen LogP contribution in [0.15, 0.2) is 42.7 Å². The molecule has 0 bridgehead atoms. The van der Waals surface area contributed by atoms with Gasteiger partial charge < -0.3 is 10.4 Å². The predicted octanol–water partition coefficient (Wildman–Crippen LogP) is 2.34. The number of nitrogens with zero attached hydrogens (tertiary/aromatic N) is 2. The summed E-state index contributed by atoms with van der Waals surface area (Å²) in [4.78, 5) is 25.4. The van der Waals surface area contributed by atoms with Crippen LogP contribution >= 0.6 is 0 Å². The van der Waals surface area contributed by atoms with Crippen LogP contribution < -0.4 is 5.32 Å².